The number of nitrogens with one attached hydrogen (secondary N) is 1. The van der Waals surface area contributed by atoms with Crippen LogP contribution in [0.1, 0.15) is 24.0 Å². The monoisotopic (exact) mass is 249 g/mol. The first-order valence-corrected chi connectivity index (χ1v) is 6.66. The highest BCUT2D eigenvalue weighted by atomic mass is 16.5. The van der Waals surface area contributed by atoms with Gasteiger partial charge in [0.05, 0.1) is 14.2 Å². The van der Waals surface area contributed by atoms with Gasteiger partial charge in [0.15, 0.2) is 0 Å². The van der Waals surface area contributed by atoms with E-state index in [1.165, 1.54) is 24.0 Å². The van der Waals surface area contributed by atoms with Crippen molar-refractivity contribution in [2.75, 3.05) is 27.3 Å². The van der Waals surface area contributed by atoms with Crippen LogP contribution >= 0.6 is 0 Å². The van der Waals surface area contributed by atoms with Gasteiger partial charge in [-0.25, -0.2) is 0 Å². The molecule has 0 aliphatic carbocycles. The second kappa shape index (κ2) is 6.10. The zero-order chi connectivity index (χ0) is 13.0. The van der Waals surface area contributed by atoms with E-state index in [0.717, 1.165) is 36.9 Å². The standard InChI is InChI=1S/C15H23NO2/c1-11-7-13(8-12-5-4-6-16-10-12)15(18-3)9-14(11)17-2/h7,9,12,16H,4-6,8,10H2,1-3H3. The van der Waals surface area contributed by atoms with Gasteiger partial charge in [-0.05, 0) is 62.4 Å². The molecule has 1 aliphatic heterocycles. The number of hydrogen-bond donors (Lipinski definition) is 1. The third-order valence-electron chi connectivity index (χ3n) is 3.71. The van der Waals surface area contributed by atoms with E-state index in [0.29, 0.717) is 0 Å². The van der Waals surface area contributed by atoms with Gasteiger partial charge in [-0.2, -0.15) is 0 Å². The smallest absolute Gasteiger partial charge is 0.125 e. The van der Waals surface area contributed by atoms with Gasteiger partial charge < -0.3 is 14.8 Å². The predicted molar refractivity (Wildman–Crippen MR) is 73.6 cm³/mol. The van der Waals surface area contributed by atoms with Crippen LogP contribution in [0.5, 0.6) is 11.5 Å². The highest BCUT2D eigenvalue weighted by Gasteiger charge is 2.17. The van der Waals surface area contributed by atoms with Crippen molar-refractivity contribution in [1.82, 2.24) is 5.32 Å². The maximum Gasteiger partial charge on any atom is 0.125 e. The Labute approximate surface area is 109 Å². The average molecular weight is 249 g/mol. The van der Waals surface area contributed by atoms with Gasteiger partial charge in [-0.3, -0.25) is 0 Å². The number of ether oxygens (including phenoxy) is 2. The predicted octanol–water partition coefficient (Wildman–Crippen LogP) is 2.55. The first-order chi connectivity index (χ1) is 8.74. The Morgan fingerprint density at radius 3 is 2.61 bits per heavy atom. The Morgan fingerprint density at radius 2 is 2.00 bits per heavy atom. The van der Waals surface area contributed by atoms with Gasteiger partial charge in [0, 0.05) is 6.07 Å². The number of aryl methyl sites for hydroxylation is 1. The SMILES string of the molecule is COc1cc(OC)c(CC2CCCNC2)cc1C. The summed E-state index contributed by atoms with van der Waals surface area (Å²) in [7, 11) is 3.43. The van der Waals surface area contributed by atoms with Crippen molar-refractivity contribution in [3.63, 3.8) is 0 Å². The highest BCUT2D eigenvalue weighted by Crippen LogP contribution is 2.31. The summed E-state index contributed by atoms with van der Waals surface area (Å²) in [6.07, 6.45) is 3.67. The highest BCUT2D eigenvalue weighted by molar-refractivity contribution is 5.46. The number of rotatable bonds is 4. The third kappa shape index (κ3) is 2.96. The maximum atomic E-state index is 5.48. The lowest BCUT2D eigenvalue weighted by Gasteiger charge is -2.24. The summed E-state index contributed by atoms with van der Waals surface area (Å²) in [5.74, 6) is 2.57. The molecule has 100 valence electrons. The van der Waals surface area contributed by atoms with Crippen LogP contribution in [0.25, 0.3) is 0 Å². The zero-order valence-corrected chi connectivity index (χ0v) is 11.6. The van der Waals surface area contributed by atoms with Crippen LogP contribution in [0.15, 0.2) is 12.1 Å². The van der Waals surface area contributed by atoms with Crippen LogP contribution in [-0.4, -0.2) is 27.3 Å². The minimum absolute atomic E-state index is 0.723. The Kier molecular flexibility index (Phi) is 4.48. The van der Waals surface area contributed by atoms with Gasteiger partial charge in [-0.15, -0.1) is 0 Å². The Hall–Kier alpha value is -1.22. The van der Waals surface area contributed by atoms with Crippen LogP contribution in [0.4, 0.5) is 0 Å². The molecule has 1 fully saturated rings. The van der Waals surface area contributed by atoms with E-state index in [1.54, 1.807) is 14.2 Å². The largest absolute Gasteiger partial charge is 0.496 e. The van der Waals surface area contributed by atoms with Gasteiger partial charge in [-0.1, -0.05) is 0 Å². The summed E-state index contributed by atoms with van der Waals surface area (Å²) in [5.41, 5.74) is 2.47. The lowest BCUT2D eigenvalue weighted by molar-refractivity contribution is 0.360. The van der Waals surface area contributed by atoms with E-state index in [-0.39, 0.29) is 0 Å². The lowest BCUT2D eigenvalue weighted by Crippen LogP contribution is -2.30. The van der Waals surface area contributed by atoms with Crippen LogP contribution < -0.4 is 14.8 Å². The number of hydrogen-bond acceptors (Lipinski definition) is 3. The molecule has 0 amide bonds. The Balaban J connectivity index is 2.17. The van der Waals surface area contributed by atoms with Crippen molar-refractivity contribution >= 4 is 0 Å². The molecule has 0 saturated carbocycles. The van der Waals surface area contributed by atoms with Crippen LogP contribution in [0.2, 0.25) is 0 Å². The van der Waals surface area contributed by atoms with Crippen molar-refractivity contribution in [3.8, 4) is 11.5 Å². The fraction of sp³-hybridized carbons (Fsp3) is 0.600. The van der Waals surface area contributed by atoms with Crippen molar-refractivity contribution < 1.29 is 9.47 Å². The number of benzene rings is 1. The van der Waals surface area contributed by atoms with Crippen molar-refractivity contribution in [2.45, 2.75) is 26.2 Å². The lowest BCUT2D eigenvalue weighted by atomic mass is 9.91. The van der Waals surface area contributed by atoms with Crippen LogP contribution in [-0.2, 0) is 6.42 Å². The van der Waals surface area contributed by atoms with E-state index >= 15 is 0 Å². The quantitative estimate of drug-likeness (QED) is 0.889. The molecule has 0 bridgehead atoms. The van der Waals surface area contributed by atoms with Crippen LogP contribution in [0.3, 0.4) is 0 Å². The van der Waals surface area contributed by atoms with E-state index in [9.17, 15) is 0 Å². The summed E-state index contributed by atoms with van der Waals surface area (Å²) < 4.78 is 10.8. The van der Waals surface area contributed by atoms with E-state index < -0.39 is 0 Å². The summed E-state index contributed by atoms with van der Waals surface area (Å²) >= 11 is 0. The molecule has 0 aromatic heterocycles. The molecular formula is C15H23NO2. The molecule has 3 nitrogen and oxygen atoms in total. The summed E-state index contributed by atoms with van der Waals surface area (Å²) in [4.78, 5) is 0. The second-order valence-corrected chi connectivity index (χ2v) is 5.05. The minimum atomic E-state index is 0.723. The number of methoxy groups -OCH3 is 2. The average Bonchev–Trinajstić information content (AvgIpc) is 2.40. The van der Waals surface area contributed by atoms with Gasteiger partial charge >= 0.3 is 0 Å². The van der Waals surface area contributed by atoms with Gasteiger partial charge in [0.25, 0.3) is 0 Å². The molecule has 1 unspecified atom stereocenters. The van der Waals surface area contributed by atoms with Crippen molar-refractivity contribution in [2.24, 2.45) is 5.92 Å². The topological polar surface area (TPSA) is 30.5 Å². The fourth-order valence-corrected chi connectivity index (χ4v) is 2.71. The molecule has 1 N–H and O–H groups in total. The van der Waals surface area contributed by atoms with E-state index in [2.05, 4.69) is 18.3 Å². The van der Waals surface area contributed by atoms with Crippen molar-refractivity contribution in [3.05, 3.63) is 23.3 Å². The molecule has 1 saturated heterocycles. The van der Waals surface area contributed by atoms with Gasteiger partial charge in [0.1, 0.15) is 11.5 Å². The second-order valence-electron chi connectivity index (χ2n) is 5.05. The summed E-state index contributed by atoms with van der Waals surface area (Å²) in [6, 6.07) is 4.20. The summed E-state index contributed by atoms with van der Waals surface area (Å²) in [6.45, 7) is 4.37. The molecule has 1 atom stereocenters. The third-order valence-corrected chi connectivity index (χ3v) is 3.71. The Bertz CT molecular complexity index is 398. The molecule has 3 heteroatoms. The normalized spacial score (nSPS) is 19.6. The summed E-state index contributed by atoms with van der Waals surface area (Å²) in [5, 5.41) is 3.46. The first kappa shape index (κ1) is 13.2. The first-order valence-electron chi connectivity index (χ1n) is 6.66. The van der Waals surface area contributed by atoms with Crippen molar-refractivity contribution in [1.29, 1.82) is 0 Å². The zero-order valence-electron chi connectivity index (χ0n) is 11.6. The van der Waals surface area contributed by atoms with Crippen LogP contribution in [0, 0.1) is 12.8 Å². The minimum Gasteiger partial charge on any atom is -0.496 e. The molecule has 1 aliphatic rings. The molecule has 18 heavy (non-hydrogen) atoms. The van der Waals surface area contributed by atoms with E-state index in [4.69, 9.17) is 9.47 Å². The molecule has 1 aromatic carbocycles. The molecule has 1 aromatic rings. The molecule has 1 heterocycles. The number of piperidine rings is 1. The van der Waals surface area contributed by atoms with Gasteiger partial charge in [0.2, 0.25) is 0 Å². The fourth-order valence-electron chi connectivity index (χ4n) is 2.71. The molecule has 0 spiro atoms. The maximum absolute atomic E-state index is 5.48. The molecule has 2 rings (SSSR count). The van der Waals surface area contributed by atoms with E-state index in [1.807, 2.05) is 6.07 Å². The Morgan fingerprint density at radius 1 is 1.22 bits per heavy atom. The molecular weight excluding hydrogens is 226 g/mol. The molecule has 0 radical (unpaired) electrons.